The smallest absolute Gasteiger partial charge is 0.313 e. The summed E-state index contributed by atoms with van der Waals surface area (Å²) in [4.78, 5) is 24.0. The fourth-order valence-electron chi connectivity index (χ4n) is 1.76. The van der Waals surface area contributed by atoms with Crippen molar-refractivity contribution in [1.29, 1.82) is 0 Å². The Morgan fingerprint density at radius 1 is 1.29 bits per heavy atom. The maximum absolute atomic E-state index is 11.9. The van der Waals surface area contributed by atoms with Crippen LogP contribution in [0.2, 0.25) is 0 Å². The molecule has 0 aromatic heterocycles. The lowest BCUT2D eigenvalue weighted by Crippen LogP contribution is -2.45. The van der Waals surface area contributed by atoms with Crippen LogP contribution in [0.25, 0.3) is 0 Å². The highest BCUT2D eigenvalue weighted by Gasteiger charge is 2.27. The number of hydrogen-bond acceptors (Lipinski definition) is 4. The van der Waals surface area contributed by atoms with Crippen LogP contribution >= 0.6 is 11.8 Å². The quantitative estimate of drug-likeness (QED) is 0.668. The molecule has 0 heterocycles. The van der Waals surface area contributed by atoms with Crippen LogP contribution in [0.1, 0.15) is 25.7 Å². The third-order valence-electron chi connectivity index (χ3n) is 2.84. The number of aliphatic carboxylic acids is 1. The number of nitrogens with zero attached hydrogens (tertiary/aromatic N) is 1. The van der Waals surface area contributed by atoms with Crippen molar-refractivity contribution in [2.75, 3.05) is 24.7 Å². The van der Waals surface area contributed by atoms with E-state index in [0.717, 1.165) is 31.0 Å². The van der Waals surface area contributed by atoms with E-state index in [-0.39, 0.29) is 24.0 Å². The summed E-state index contributed by atoms with van der Waals surface area (Å²) in [6, 6.07) is 0.305. The summed E-state index contributed by atoms with van der Waals surface area (Å²) in [5, 5.41) is 17.3. The highest BCUT2D eigenvalue weighted by molar-refractivity contribution is 8.00. The van der Waals surface area contributed by atoms with Gasteiger partial charge in [-0.2, -0.15) is 0 Å². The lowest BCUT2D eigenvalue weighted by atomic mass is 9.91. The van der Waals surface area contributed by atoms with Crippen molar-refractivity contribution in [2.24, 2.45) is 0 Å². The fraction of sp³-hybridized carbons (Fsp3) is 0.818. The summed E-state index contributed by atoms with van der Waals surface area (Å²) < 4.78 is 0. The van der Waals surface area contributed by atoms with Crippen LogP contribution in [0.3, 0.4) is 0 Å². The molecule has 0 bridgehead atoms. The Morgan fingerprint density at radius 3 is 2.47 bits per heavy atom. The molecule has 6 heteroatoms. The Morgan fingerprint density at radius 2 is 2.00 bits per heavy atom. The summed E-state index contributed by atoms with van der Waals surface area (Å²) in [6.45, 7) is 0.659. The van der Waals surface area contributed by atoms with E-state index in [0.29, 0.717) is 19.0 Å². The lowest BCUT2D eigenvalue weighted by molar-refractivity contribution is -0.134. The largest absolute Gasteiger partial charge is 0.481 e. The molecule has 1 rings (SSSR count). The van der Waals surface area contributed by atoms with Gasteiger partial charge in [-0.25, -0.2) is 0 Å². The Labute approximate surface area is 105 Å². The number of aliphatic hydroxyl groups excluding tert-OH is 1. The van der Waals surface area contributed by atoms with Crippen LogP contribution in [-0.4, -0.2) is 57.7 Å². The molecular weight excluding hydrogens is 242 g/mol. The van der Waals surface area contributed by atoms with E-state index in [1.54, 1.807) is 4.90 Å². The minimum absolute atomic E-state index is 0.00519. The minimum Gasteiger partial charge on any atom is -0.481 e. The second kappa shape index (κ2) is 7.55. The van der Waals surface area contributed by atoms with Gasteiger partial charge in [-0.1, -0.05) is 0 Å². The highest BCUT2D eigenvalue weighted by Crippen LogP contribution is 2.25. The van der Waals surface area contributed by atoms with Crippen molar-refractivity contribution in [3.05, 3.63) is 0 Å². The van der Waals surface area contributed by atoms with E-state index in [1.807, 2.05) is 0 Å². The molecule has 0 unspecified atom stereocenters. The van der Waals surface area contributed by atoms with Crippen LogP contribution in [0.5, 0.6) is 0 Å². The zero-order valence-corrected chi connectivity index (χ0v) is 10.6. The third-order valence-corrected chi connectivity index (χ3v) is 3.75. The number of hydrogen-bond donors (Lipinski definition) is 2. The maximum atomic E-state index is 11.9. The molecule has 0 aliphatic heterocycles. The van der Waals surface area contributed by atoms with Crippen molar-refractivity contribution >= 4 is 23.6 Å². The molecule has 17 heavy (non-hydrogen) atoms. The van der Waals surface area contributed by atoms with Gasteiger partial charge in [0.1, 0.15) is 0 Å². The molecule has 1 saturated carbocycles. The molecule has 0 radical (unpaired) electrons. The van der Waals surface area contributed by atoms with Crippen molar-refractivity contribution in [2.45, 2.75) is 31.7 Å². The van der Waals surface area contributed by atoms with E-state index in [4.69, 9.17) is 10.2 Å². The molecule has 0 saturated heterocycles. The van der Waals surface area contributed by atoms with Crippen LogP contribution in [-0.2, 0) is 9.59 Å². The van der Waals surface area contributed by atoms with Crippen LogP contribution in [0.15, 0.2) is 0 Å². The maximum Gasteiger partial charge on any atom is 0.313 e. The summed E-state index contributed by atoms with van der Waals surface area (Å²) in [6.07, 6.45) is 3.79. The molecule has 0 aromatic carbocycles. The first-order valence-corrected chi connectivity index (χ1v) is 7.00. The molecule has 1 aliphatic rings. The number of carboxylic acid groups (broad SMARTS) is 1. The molecule has 2 N–H and O–H groups in total. The predicted octanol–water partition coefficient (Wildman–Crippen LogP) is 0.568. The zero-order valence-electron chi connectivity index (χ0n) is 9.80. The number of aliphatic hydroxyl groups is 1. The van der Waals surface area contributed by atoms with Crippen molar-refractivity contribution < 1.29 is 19.8 Å². The number of rotatable bonds is 8. The van der Waals surface area contributed by atoms with E-state index in [1.165, 1.54) is 0 Å². The van der Waals surface area contributed by atoms with E-state index in [2.05, 4.69) is 0 Å². The van der Waals surface area contributed by atoms with Gasteiger partial charge in [0.05, 0.1) is 11.5 Å². The summed E-state index contributed by atoms with van der Waals surface area (Å²) in [5.41, 5.74) is 0. The second-order valence-electron chi connectivity index (χ2n) is 4.14. The van der Waals surface area contributed by atoms with E-state index >= 15 is 0 Å². The van der Waals surface area contributed by atoms with Gasteiger partial charge in [0, 0.05) is 19.2 Å². The number of amides is 1. The molecule has 0 spiro atoms. The molecule has 98 valence electrons. The van der Waals surface area contributed by atoms with Crippen LogP contribution < -0.4 is 0 Å². The van der Waals surface area contributed by atoms with Crippen molar-refractivity contribution in [3.63, 3.8) is 0 Å². The first kappa shape index (κ1) is 14.3. The molecule has 0 aromatic rings. The van der Waals surface area contributed by atoms with Gasteiger partial charge in [-0.05, 0) is 25.7 Å². The summed E-state index contributed by atoms with van der Waals surface area (Å²) in [7, 11) is 0. The Bertz CT molecular complexity index is 268. The van der Waals surface area contributed by atoms with Gasteiger partial charge in [0.25, 0.3) is 0 Å². The van der Waals surface area contributed by atoms with E-state index < -0.39 is 5.97 Å². The highest BCUT2D eigenvalue weighted by atomic mass is 32.2. The van der Waals surface area contributed by atoms with Crippen LogP contribution in [0.4, 0.5) is 0 Å². The molecule has 5 nitrogen and oxygen atoms in total. The second-order valence-corrected chi connectivity index (χ2v) is 5.12. The fourth-order valence-corrected chi connectivity index (χ4v) is 2.38. The Hall–Kier alpha value is -0.750. The predicted molar refractivity (Wildman–Crippen MR) is 66.0 cm³/mol. The lowest BCUT2D eigenvalue weighted by Gasteiger charge is -2.37. The number of thioether (sulfide) groups is 1. The van der Waals surface area contributed by atoms with Gasteiger partial charge in [-0.15, -0.1) is 11.8 Å². The summed E-state index contributed by atoms with van der Waals surface area (Å²) in [5.74, 6) is -0.721. The van der Waals surface area contributed by atoms with Gasteiger partial charge in [0.2, 0.25) is 5.91 Å². The minimum atomic E-state index is -0.895. The summed E-state index contributed by atoms with van der Waals surface area (Å²) >= 11 is 1.13. The first-order valence-electron chi connectivity index (χ1n) is 5.85. The number of carboxylic acids is 1. The molecule has 1 aliphatic carbocycles. The van der Waals surface area contributed by atoms with Crippen LogP contribution in [0, 0.1) is 0 Å². The van der Waals surface area contributed by atoms with E-state index in [9.17, 15) is 9.59 Å². The SMILES string of the molecule is O=C(O)CSCC(=O)N(CCCO)C1CCC1. The van der Waals surface area contributed by atoms with Gasteiger partial charge < -0.3 is 15.1 Å². The van der Waals surface area contributed by atoms with Crippen molar-refractivity contribution in [3.8, 4) is 0 Å². The first-order chi connectivity index (χ1) is 8.15. The topological polar surface area (TPSA) is 77.8 Å². The average Bonchev–Trinajstić information content (AvgIpc) is 2.20. The number of carbonyl (C=O) groups is 2. The molecular formula is C11H19NO4S. The van der Waals surface area contributed by atoms with Gasteiger partial charge in [-0.3, -0.25) is 9.59 Å². The zero-order chi connectivity index (χ0) is 12.7. The molecule has 1 fully saturated rings. The normalized spacial score (nSPS) is 15.4. The van der Waals surface area contributed by atoms with Gasteiger partial charge >= 0.3 is 5.97 Å². The Balaban J connectivity index is 2.33. The van der Waals surface area contributed by atoms with Crippen molar-refractivity contribution in [1.82, 2.24) is 4.90 Å². The average molecular weight is 261 g/mol. The molecule has 0 atom stereocenters. The standard InChI is InChI=1S/C11H19NO4S/c13-6-2-5-12(9-3-1-4-9)10(14)7-17-8-11(15)16/h9,13H,1-8H2,(H,15,16). The molecule has 1 amide bonds. The Kier molecular flexibility index (Phi) is 6.36. The monoisotopic (exact) mass is 261 g/mol. The third kappa shape index (κ3) is 4.95. The van der Waals surface area contributed by atoms with Gasteiger partial charge in [0.15, 0.2) is 0 Å². The number of carbonyl (C=O) groups excluding carboxylic acids is 1.